The minimum Gasteiger partial charge on any atom is -0.410 e. The summed E-state index contributed by atoms with van der Waals surface area (Å²) in [4.78, 5) is 14.7. The van der Waals surface area contributed by atoms with Gasteiger partial charge in [-0.15, -0.1) is 0 Å². The number of hydrogen-bond acceptors (Lipinski definition) is 2. The zero-order valence-corrected chi connectivity index (χ0v) is 14.7. The molecule has 3 nitrogen and oxygen atoms in total. The van der Waals surface area contributed by atoms with Gasteiger partial charge in [0.15, 0.2) is 0 Å². The summed E-state index contributed by atoms with van der Waals surface area (Å²) in [6, 6.07) is 26.8. The lowest BCUT2D eigenvalue weighted by atomic mass is 10.0. The van der Waals surface area contributed by atoms with Gasteiger partial charge < -0.3 is 4.74 Å². The molecule has 1 heterocycles. The van der Waals surface area contributed by atoms with Crippen LogP contribution in [-0.4, -0.2) is 12.1 Å². The average Bonchev–Trinajstić information content (AvgIpc) is 2.73. The molecular weight excluding hydrogens is 334 g/mol. The molecule has 0 bridgehead atoms. The Morgan fingerprint density at radius 3 is 2.30 bits per heavy atom. The first kappa shape index (κ1) is 16.9. The maximum absolute atomic E-state index is 13.0. The Hall–Kier alpha value is -3.59. The van der Waals surface area contributed by atoms with Crippen LogP contribution in [0.2, 0.25) is 0 Å². The molecule has 0 fully saturated rings. The van der Waals surface area contributed by atoms with Gasteiger partial charge >= 0.3 is 6.09 Å². The summed E-state index contributed by atoms with van der Waals surface area (Å²) in [6.07, 6.45) is 7.68. The zero-order chi connectivity index (χ0) is 18.5. The molecule has 4 rings (SSSR count). The van der Waals surface area contributed by atoms with Crippen molar-refractivity contribution in [3.8, 4) is 5.75 Å². The van der Waals surface area contributed by atoms with Crippen LogP contribution in [-0.2, 0) is 0 Å². The van der Waals surface area contributed by atoms with Gasteiger partial charge in [-0.05, 0) is 29.3 Å². The topological polar surface area (TPSA) is 29.5 Å². The Morgan fingerprint density at radius 1 is 0.852 bits per heavy atom. The molecule has 132 valence electrons. The Kier molecular flexibility index (Phi) is 4.84. The number of anilines is 1. The number of ether oxygens (including phenoxy) is 1. The largest absolute Gasteiger partial charge is 0.420 e. The number of amides is 1. The minimum atomic E-state index is -0.402. The van der Waals surface area contributed by atoms with Gasteiger partial charge in [-0.25, -0.2) is 4.79 Å². The van der Waals surface area contributed by atoms with Gasteiger partial charge in [0, 0.05) is 0 Å². The maximum atomic E-state index is 13.0. The van der Waals surface area contributed by atoms with Crippen molar-refractivity contribution < 1.29 is 9.53 Å². The van der Waals surface area contributed by atoms with Crippen molar-refractivity contribution in [2.45, 2.75) is 6.04 Å². The van der Waals surface area contributed by atoms with Gasteiger partial charge in [0.25, 0.3) is 0 Å². The van der Waals surface area contributed by atoms with Crippen LogP contribution in [0.15, 0.2) is 97.1 Å². The van der Waals surface area contributed by atoms with E-state index < -0.39 is 6.09 Å². The third kappa shape index (κ3) is 3.82. The summed E-state index contributed by atoms with van der Waals surface area (Å²) in [6.45, 7) is 0. The number of para-hydroxylation sites is 2. The van der Waals surface area contributed by atoms with Crippen LogP contribution in [0.3, 0.4) is 0 Å². The Morgan fingerprint density at radius 2 is 1.52 bits per heavy atom. The fourth-order valence-electron chi connectivity index (χ4n) is 3.08. The van der Waals surface area contributed by atoms with E-state index in [1.807, 2.05) is 97.1 Å². The molecule has 0 saturated heterocycles. The molecule has 0 aliphatic carbocycles. The highest BCUT2D eigenvalue weighted by Gasteiger charge is 2.28. The van der Waals surface area contributed by atoms with E-state index in [0.29, 0.717) is 5.75 Å². The summed E-state index contributed by atoms with van der Waals surface area (Å²) >= 11 is 0. The molecule has 3 aromatic rings. The minimum absolute atomic E-state index is 0.226. The van der Waals surface area contributed by atoms with Crippen molar-refractivity contribution in [1.82, 2.24) is 0 Å². The molecule has 0 aromatic heterocycles. The highest BCUT2D eigenvalue weighted by Crippen LogP contribution is 2.30. The molecule has 27 heavy (non-hydrogen) atoms. The third-order valence-corrected chi connectivity index (χ3v) is 4.40. The molecule has 3 aromatic carbocycles. The summed E-state index contributed by atoms with van der Waals surface area (Å²) in [5.74, 6) is 0.528. The fraction of sp³-hybridized carbons (Fsp3) is 0.0417. The van der Waals surface area contributed by atoms with Crippen molar-refractivity contribution in [1.29, 1.82) is 0 Å². The Bertz CT molecular complexity index is 978. The van der Waals surface area contributed by atoms with E-state index in [1.165, 1.54) is 0 Å². The number of nitrogens with zero attached hydrogens (tertiary/aromatic N) is 1. The highest BCUT2D eigenvalue weighted by molar-refractivity contribution is 5.95. The van der Waals surface area contributed by atoms with Gasteiger partial charge in [-0.3, -0.25) is 4.90 Å². The first-order valence-corrected chi connectivity index (χ1v) is 8.88. The van der Waals surface area contributed by atoms with Crippen LogP contribution in [0.4, 0.5) is 10.5 Å². The fourth-order valence-corrected chi connectivity index (χ4v) is 3.08. The summed E-state index contributed by atoms with van der Waals surface area (Å²) < 4.78 is 5.61. The monoisotopic (exact) mass is 353 g/mol. The van der Waals surface area contributed by atoms with Crippen LogP contribution in [0.25, 0.3) is 12.2 Å². The number of carbonyl (C=O) groups is 1. The van der Waals surface area contributed by atoms with Crippen molar-refractivity contribution in [3.63, 3.8) is 0 Å². The second kappa shape index (κ2) is 7.75. The van der Waals surface area contributed by atoms with Crippen molar-refractivity contribution >= 4 is 23.9 Å². The van der Waals surface area contributed by atoms with Crippen molar-refractivity contribution in [2.24, 2.45) is 0 Å². The predicted molar refractivity (Wildman–Crippen MR) is 110 cm³/mol. The van der Waals surface area contributed by atoms with E-state index in [1.54, 1.807) is 17.0 Å². The molecule has 3 heteroatoms. The van der Waals surface area contributed by atoms with Gasteiger partial charge in [-0.1, -0.05) is 91.0 Å². The number of benzene rings is 3. The van der Waals surface area contributed by atoms with E-state index in [2.05, 4.69) is 0 Å². The normalized spacial score (nSPS) is 15.6. The number of hydrogen-bond donors (Lipinski definition) is 0. The zero-order valence-electron chi connectivity index (χ0n) is 14.7. The average molecular weight is 353 g/mol. The summed E-state index contributed by atoms with van der Waals surface area (Å²) in [5.41, 5.74) is 2.91. The summed E-state index contributed by atoms with van der Waals surface area (Å²) in [7, 11) is 0. The van der Waals surface area contributed by atoms with Crippen LogP contribution >= 0.6 is 0 Å². The van der Waals surface area contributed by atoms with Crippen LogP contribution < -0.4 is 9.64 Å². The van der Waals surface area contributed by atoms with Gasteiger partial charge in [0.05, 0.1) is 11.7 Å². The van der Waals surface area contributed by atoms with E-state index in [-0.39, 0.29) is 6.04 Å². The van der Waals surface area contributed by atoms with Crippen LogP contribution in [0.1, 0.15) is 11.1 Å². The van der Waals surface area contributed by atoms with Gasteiger partial charge in [-0.2, -0.15) is 0 Å². The van der Waals surface area contributed by atoms with Crippen molar-refractivity contribution in [3.05, 3.63) is 108 Å². The standard InChI is InChI=1S/C24H19NO2/c26-24(27-22-12-5-2-6-13-22)25-21(17-15-19-9-3-1-4-10-19)18-16-20-11-7-8-14-23(20)25/h1-18,21H/b17-15+/t21-/m1/s1. The highest BCUT2D eigenvalue weighted by atomic mass is 16.6. The quantitative estimate of drug-likeness (QED) is 0.595. The summed E-state index contributed by atoms with van der Waals surface area (Å²) in [5, 5.41) is 0. The van der Waals surface area contributed by atoms with E-state index in [9.17, 15) is 4.79 Å². The lowest BCUT2D eigenvalue weighted by Crippen LogP contribution is -2.42. The number of carbonyl (C=O) groups excluding carboxylic acids is 1. The number of fused-ring (bicyclic) bond motifs is 1. The molecule has 1 aliphatic heterocycles. The molecule has 0 radical (unpaired) electrons. The van der Waals surface area contributed by atoms with Gasteiger partial charge in [0.1, 0.15) is 5.75 Å². The lowest BCUT2D eigenvalue weighted by Gasteiger charge is -2.31. The first-order valence-electron chi connectivity index (χ1n) is 8.88. The molecular formula is C24H19NO2. The number of rotatable bonds is 3. The molecule has 0 unspecified atom stereocenters. The SMILES string of the molecule is O=C(Oc1ccccc1)N1c2ccccc2C=C[C@H]1/C=C/c1ccccc1. The van der Waals surface area contributed by atoms with Crippen molar-refractivity contribution in [2.75, 3.05) is 4.90 Å². The second-order valence-electron chi connectivity index (χ2n) is 6.23. The van der Waals surface area contributed by atoms with E-state index >= 15 is 0 Å². The second-order valence-corrected chi connectivity index (χ2v) is 6.23. The van der Waals surface area contributed by atoms with Gasteiger partial charge in [0.2, 0.25) is 0 Å². The molecule has 1 amide bonds. The molecule has 0 N–H and O–H groups in total. The lowest BCUT2D eigenvalue weighted by molar-refractivity contribution is 0.207. The van der Waals surface area contributed by atoms with E-state index in [4.69, 9.17) is 4.74 Å². The molecule has 1 aliphatic rings. The van der Waals surface area contributed by atoms with Crippen LogP contribution in [0, 0.1) is 0 Å². The molecule has 0 spiro atoms. The molecule has 0 saturated carbocycles. The van der Waals surface area contributed by atoms with Crippen LogP contribution in [0.5, 0.6) is 5.75 Å². The smallest absolute Gasteiger partial charge is 0.410 e. The van der Waals surface area contributed by atoms with E-state index in [0.717, 1.165) is 16.8 Å². The Balaban J connectivity index is 1.65. The maximum Gasteiger partial charge on any atom is 0.420 e. The Labute approximate surface area is 158 Å². The molecule has 1 atom stereocenters. The predicted octanol–water partition coefficient (Wildman–Crippen LogP) is 5.80. The first-order chi connectivity index (χ1) is 13.3. The third-order valence-electron chi connectivity index (χ3n) is 4.40.